The van der Waals surface area contributed by atoms with Gasteiger partial charge in [0, 0.05) is 13.1 Å². The van der Waals surface area contributed by atoms with Crippen LogP contribution >= 0.6 is 0 Å². The molecule has 1 atom stereocenters. The number of carbonyl (C=O) groups is 1. The topological polar surface area (TPSA) is 66.3 Å². The first-order valence-corrected chi connectivity index (χ1v) is 5.45. The molecule has 0 aromatic carbocycles. The molecule has 0 radical (unpaired) electrons. The third kappa shape index (κ3) is 2.29. The van der Waals surface area contributed by atoms with E-state index in [-0.39, 0.29) is 5.92 Å². The molecule has 86 valence electrons. The summed E-state index contributed by atoms with van der Waals surface area (Å²) in [5.74, 6) is -0.224. The molecule has 0 aliphatic carbocycles. The zero-order valence-electron chi connectivity index (χ0n) is 9.26. The van der Waals surface area contributed by atoms with Crippen LogP contribution in [0.1, 0.15) is 18.5 Å². The number of piperidine rings is 1. The summed E-state index contributed by atoms with van der Waals surface area (Å²) in [7, 11) is 0. The van der Waals surface area contributed by atoms with Gasteiger partial charge in [0.1, 0.15) is 0 Å². The first kappa shape index (κ1) is 10.9. The molecule has 0 amide bonds. The van der Waals surface area contributed by atoms with E-state index in [2.05, 4.69) is 10.2 Å². The van der Waals surface area contributed by atoms with Crippen LogP contribution in [0.3, 0.4) is 0 Å². The lowest BCUT2D eigenvalue weighted by Gasteiger charge is -2.31. The Morgan fingerprint density at radius 1 is 1.50 bits per heavy atom. The summed E-state index contributed by atoms with van der Waals surface area (Å²) in [5.41, 5.74) is 0.871. The molecule has 0 saturated carbocycles. The van der Waals surface area contributed by atoms with Crippen LogP contribution in [0.2, 0.25) is 0 Å². The standard InChI is InChI=1S/C11H15N3O2/c1-8-4-5-10(13-12-8)14-6-2-3-9(7-14)11(15)16/h4-5,9H,2-3,6-7H2,1H3,(H,15,16)/t9-/m1/s1. The van der Waals surface area contributed by atoms with Crippen molar-refractivity contribution in [2.45, 2.75) is 19.8 Å². The summed E-state index contributed by atoms with van der Waals surface area (Å²) < 4.78 is 0. The minimum atomic E-state index is -0.718. The highest BCUT2D eigenvalue weighted by Crippen LogP contribution is 2.21. The Labute approximate surface area is 94.1 Å². The SMILES string of the molecule is Cc1ccc(N2CCC[C@@H](C(=O)O)C2)nn1. The number of carboxylic acids is 1. The fourth-order valence-electron chi connectivity index (χ4n) is 1.95. The van der Waals surface area contributed by atoms with Crippen LogP contribution in [0.15, 0.2) is 12.1 Å². The van der Waals surface area contributed by atoms with E-state index in [0.717, 1.165) is 30.9 Å². The van der Waals surface area contributed by atoms with Gasteiger partial charge in [0.15, 0.2) is 5.82 Å². The van der Waals surface area contributed by atoms with E-state index in [1.807, 2.05) is 24.0 Å². The number of aliphatic carboxylic acids is 1. The zero-order valence-corrected chi connectivity index (χ0v) is 9.26. The fraction of sp³-hybridized carbons (Fsp3) is 0.545. The maximum absolute atomic E-state index is 10.9. The Hall–Kier alpha value is -1.65. The summed E-state index contributed by atoms with van der Waals surface area (Å²) in [6.07, 6.45) is 1.65. The third-order valence-electron chi connectivity index (χ3n) is 2.88. The molecule has 0 unspecified atom stereocenters. The lowest BCUT2D eigenvalue weighted by Crippen LogP contribution is -2.39. The second kappa shape index (κ2) is 4.47. The molecule has 5 heteroatoms. The molecular formula is C11H15N3O2. The Bertz CT molecular complexity index is 377. The number of anilines is 1. The maximum Gasteiger partial charge on any atom is 0.308 e. The van der Waals surface area contributed by atoms with Crippen LogP contribution in [-0.4, -0.2) is 34.4 Å². The van der Waals surface area contributed by atoms with Crippen molar-refractivity contribution in [3.05, 3.63) is 17.8 Å². The predicted molar refractivity (Wildman–Crippen MR) is 59.3 cm³/mol. The van der Waals surface area contributed by atoms with Gasteiger partial charge >= 0.3 is 5.97 Å². The van der Waals surface area contributed by atoms with Crippen LogP contribution in [0.25, 0.3) is 0 Å². The molecule has 0 spiro atoms. The van der Waals surface area contributed by atoms with Gasteiger partial charge in [-0.15, -0.1) is 5.10 Å². The average Bonchev–Trinajstić information content (AvgIpc) is 2.30. The molecule has 1 aromatic rings. The maximum atomic E-state index is 10.9. The zero-order chi connectivity index (χ0) is 11.5. The van der Waals surface area contributed by atoms with Crippen LogP contribution in [0.4, 0.5) is 5.82 Å². The van der Waals surface area contributed by atoms with Crippen molar-refractivity contribution >= 4 is 11.8 Å². The lowest BCUT2D eigenvalue weighted by molar-refractivity contribution is -0.141. The lowest BCUT2D eigenvalue weighted by atomic mass is 9.98. The molecule has 1 saturated heterocycles. The van der Waals surface area contributed by atoms with Gasteiger partial charge in [0.25, 0.3) is 0 Å². The van der Waals surface area contributed by atoms with E-state index in [1.54, 1.807) is 0 Å². The molecule has 1 aliphatic rings. The largest absolute Gasteiger partial charge is 0.481 e. The number of hydrogen-bond acceptors (Lipinski definition) is 4. The monoisotopic (exact) mass is 221 g/mol. The van der Waals surface area contributed by atoms with Gasteiger partial charge < -0.3 is 10.0 Å². The summed E-state index contributed by atoms with van der Waals surface area (Å²) >= 11 is 0. The van der Waals surface area contributed by atoms with Crippen molar-refractivity contribution in [3.8, 4) is 0 Å². The Balaban J connectivity index is 2.09. The van der Waals surface area contributed by atoms with Crippen molar-refractivity contribution < 1.29 is 9.90 Å². The van der Waals surface area contributed by atoms with Crippen molar-refractivity contribution in [1.29, 1.82) is 0 Å². The Morgan fingerprint density at radius 3 is 2.94 bits per heavy atom. The molecule has 0 bridgehead atoms. The summed E-state index contributed by atoms with van der Waals surface area (Å²) in [6.45, 7) is 3.28. The minimum absolute atomic E-state index is 0.281. The number of rotatable bonds is 2. The first-order valence-electron chi connectivity index (χ1n) is 5.45. The molecule has 1 fully saturated rings. The van der Waals surface area contributed by atoms with Crippen molar-refractivity contribution in [2.75, 3.05) is 18.0 Å². The van der Waals surface area contributed by atoms with Gasteiger partial charge in [-0.1, -0.05) is 0 Å². The quantitative estimate of drug-likeness (QED) is 0.809. The van der Waals surface area contributed by atoms with E-state index >= 15 is 0 Å². The molecular weight excluding hydrogens is 206 g/mol. The number of aryl methyl sites for hydroxylation is 1. The molecule has 16 heavy (non-hydrogen) atoms. The van der Waals surface area contributed by atoms with Crippen molar-refractivity contribution in [2.24, 2.45) is 5.92 Å². The number of nitrogens with zero attached hydrogens (tertiary/aromatic N) is 3. The Kier molecular flexibility index (Phi) is 3.03. The molecule has 1 aliphatic heterocycles. The van der Waals surface area contributed by atoms with Crippen LogP contribution in [-0.2, 0) is 4.79 Å². The Morgan fingerprint density at radius 2 is 2.31 bits per heavy atom. The number of aromatic nitrogens is 2. The van der Waals surface area contributed by atoms with Crippen molar-refractivity contribution in [1.82, 2.24) is 10.2 Å². The van der Waals surface area contributed by atoms with Gasteiger partial charge in [0.2, 0.25) is 0 Å². The predicted octanol–water partition coefficient (Wildman–Crippen LogP) is 1.09. The second-order valence-corrected chi connectivity index (χ2v) is 4.16. The van der Waals surface area contributed by atoms with Gasteiger partial charge in [0.05, 0.1) is 11.6 Å². The van der Waals surface area contributed by atoms with Gasteiger partial charge in [-0.3, -0.25) is 4.79 Å². The highest BCUT2D eigenvalue weighted by molar-refractivity contribution is 5.71. The molecule has 2 rings (SSSR count). The first-order chi connectivity index (χ1) is 7.66. The molecule has 2 heterocycles. The number of carboxylic acid groups (broad SMARTS) is 1. The van der Waals surface area contributed by atoms with Crippen molar-refractivity contribution in [3.63, 3.8) is 0 Å². The summed E-state index contributed by atoms with van der Waals surface area (Å²) in [6, 6.07) is 3.79. The van der Waals surface area contributed by atoms with Crippen LogP contribution in [0.5, 0.6) is 0 Å². The van der Waals surface area contributed by atoms with Gasteiger partial charge in [-0.2, -0.15) is 5.10 Å². The second-order valence-electron chi connectivity index (χ2n) is 4.16. The average molecular weight is 221 g/mol. The van der Waals surface area contributed by atoms with E-state index in [1.165, 1.54) is 0 Å². The number of hydrogen-bond donors (Lipinski definition) is 1. The fourth-order valence-corrected chi connectivity index (χ4v) is 1.95. The minimum Gasteiger partial charge on any atom is -0.481 e. The molecule has 5 nitrogen and oxygen atoms in total. The van der Waals surface area contributed by atoms with Crippen LogP contribution < -0.4 is 4.90 Å². The van der Waals surface area contributed by atoms with Crippen LogP contribution in [0, 0.1) is 12.8 Å². The summed E-state index contributed by atoms with van der Waals surface area (Å²) in [4.78, 5) is 12.9. The summed E-state index contributed by atoms with van der Waals surface area (Å²) in [5, 5.41) is 17.0. The molecule has 1 N–H and O–H groups in total. The van der Waals surface area contributed by atoms with Gasteiger partial charge in [-0.25, -0.2) is 0 Å². The highest BCUT2D eigenvalue weighted by atomic mass is 16.4. The highest BCUT2D eigenvalue weighted by Gasteiger charge is 2.26. The van der Waals surface area contributed by atoms with E-state index in [9.17, 15) is 4.79 Å². The van der Waals surface area contributed by atoms with E-state index in [0.29, 0.717) is 6.54 Å². The normalized spacial score (nSPS) is 20.8. The molecule has 1 aromatic heterocycles. The third-order valence-corrected chi connectivity index (χ3v) is 2.88. The van der Waals surface area contributed by atoms with Gasteiger partial charge in [-0.05, 0) is 31.9 Å². The van der Waals surface area contributed by atoms with E-state index < -0.39 is 5.97 Å². The smallest absolute Gasteiger partial charge is 0.308 e. The van der Waals surface area contributed by atoms with E-state index in [4.69, 9.17) is 5.11 Å².